The molecule has 1 rings (SSSR count). The first-order chi connectivity index (χ1) is 5.88. The van der Waals surface area contributed by atoms with Gasteiger partial charge in [0.15, 0.2) is 6.29 Å². The first-order valence-corrected chi connectivity index (χ1v) is 4.07. The maximum absolute atomic E-state index is 5.29. The molecule has 0 saturated heterocycles. The molecule has 0 aromatic carbocycles. The average Bonchev–Trinajstić information content (AvgIpc) is 2.56. The van der Waals surface area contributed by atoms with Gasteiger partial charge in [-0.05, 0) is 25.9 Å². The van der Waals surface area contributed by atoms with Gasteiger partial charge in [0.2, 0.25) is 0 Å². The van der Waals surface area contributed by atoms with Crippen molar-refractivity contribution in [1.29, 1.82) is 0 Å². The van der Waals surface area contributed by atoms with Crippen molar-refractivity contribution in [2.75, 3.05) is 13.2 Å². The zero-order chi connectivity index (χ0) is 8.81. The summed E-state index contributed by atoms with van der Waals surface area (Å²) in [6, 6.07) is 3.48. The number of rotatable bonds is 5. The Labute approximate surface area is 90.6 Å². The van der Waals surface area contributed by atoms with Crippen LogP contribution < -0.4 is 18.9 Å². The molecule has 0 aliphatic rings. The number of hydrogen-bond donors (Lipinski definition) is 0. The fraction of sp³-hybridized carbons (Fsp3) is 0.556. The molecule has 0 bridgehead atoms. The molecular weight excluding hydrogens is 163 g/mol. The maximum atomic E-state index is 5.29. The molecule has 13 heavy (non-hydrogen) atoms. The predicted octanol–water partition coefficient (Wildman–Crippen LogP) is -0.845. The molecule has 1 aromatic heterocycles. The number of furan rings is 1. The van der Waals surface area contributed by atoms with Crippen molar-refractivity contribution in [3.63, 3.8) is 0 Å². The Morgan fingerprint density at radius 1 is 1.38 bits per heavy atom. The second kappa shape index (κ2) is 7.22. The Morgan fingerprint density at radius 3 is 2.38 bits per heavy atom. The van der Waals surface area contributed by atoms with E-state index in [1.165, 1.54) is 0 Å². The topological polar surface area (TPSA) is 31.6 Å². The van der Waals surface area contributed by atoms with Crippen molar-refractivity contribution in [3.8, 4) is 0 Å². The molecule has 0 saturated carbocycles. The quantitative estimate of drug-likeness (QED) is 0.333. The molecule has 0 spiro atoms. The minimum Gasteiger partial charge on any atom is -0.591 e. The summed E-state index contributed by atoms with van der Waals surface area (Å²) in [5, 5.41) is 0. The summed E-state index contributed by atoms with van der Waals surface area (Å²) in [5.74, 6) is 0.665. The van der Waals surface area contributed by atoms with Gasteiger partial charge in [-0.15, -0.1) is 6.07 Å². The van der Waals surface area contributed by atoms with Crippen LogP contribution in [0.5, 0.6) is 0 Å². The van der Waals surface area contributed by atoms with Gasteiger partial charge in [0.05, 0.1) is 0 Å². The molecule has 0 atom stereocenters. The zero-order valence-corrected chi connectivity index (χ0v) is 8.37. The third-order valence-corrected chi connectivity index (χ3v) is 1.36. The van der Waals surface area contributed by atoms with Gasteiger partial charge in [0.25, 0.3) is 0 Å². The molecule has 1 heterocycles. The van der Waals surface area contributed by atoms with E-state index >= 15 is 0 Å². The molecule has 1 aromatic rings. The maximum Gasteiger partial charge on any atom is 1.00 e. The summed E-state index contributed by atoms with van der Waals surface area (Å²) >= 11 is 0. The van der Waals surface area contributed by atoms with Crippen LogP contribution >= 0.6 is 0 Å². The first-order valence-electron chi connectivity index (χ1n) is 4.07. The van der Waals surface area contributed by atoms with Gasteiger partial charge in [0, 0.05) is 13.2 Å². The summed E-state index contributed by atoms with van der Waals surface area (Å²) < 4.78 is 15.6. The monoisotopic (exact) mass is 176 g/mol. The molecule has 0 amide bonds. The Morgan fingerprint density at radius 2 is 2.00 bits per heavy atom. The Bertz CT molecular complexity index is 193. The van der Waals surface area contributed by atoms with Gasteiger partial charge in [-0.25, -0.2) is 0 Å². The van der Waals surface area contributed by atoms with Crippen molar-refractivity contribution in [1.82, 2.24) is 0 Å². The molecule has 0 N–H and O–H groups in total. The molecule has 0 aliphatic carbocycles. The van der Waals surface area contributed by atoms with Crippen LogP contribution in [0.15, 0.2) is 16.5 Å². The Kier molecular flexibility index (Phi) is 7.11. The minimum atomic E-state index is -0.383. The molecule has 3 nitrogen and oxygen atoms in total. The molecule has 0 unspecified atom stereocenters. The Balaban J connectivity index is 0.00000144. The average molecular weight is 176 g/mol. The smallest absolute Gasteiger partial charge is 0.591 e. The van der Waals surface area contributed by atoms with E-state index in [1.54, 1.807) is 12.1 Å². The van der Waals surface area contributed by atoms with Gasteiger partial charge in [-0.2, -0.15) is 6.07 Å². The van der Waals surface area contributed by atoms with E-state index in [0.29, 0.717) is 19.0 Å². The molecular formula is C9H13LiO3. The van der Waals surface area contributed by atoms with Gasteiger partial charge < -0.3 is 13.9 Å². The molecule has 0 radical (unpaired) electrons. The SMILES string of the molecule is CCOC(OCC)c1cc[c-]o1.[Li+]. The fourth-order valence-corrected chi connectivity index (χ4v) is 0.894. The normalized spacial score (nSPS) is 10.1. The van der Waals surface area contributed by atoms with Crippen molar-refractivity contribution in [2.24, 2.45) is 0 Å². The summed E-state index contributed by atoms with van der Waals surface area (Å²) in [6.45, 7) is 5.04. The van der Waals surface area contributed by atoms with Crippen LogP contribution in [-0.4, -0.2) is 13.2 Å². The predicted molar refractivity (Wildman–Crippen MR) is 43.5 cm³/mol. The molecule has 4 heteroatoms. The van der Waals surface area contributed by atoms with E-state index in [-0.39, 0.29) is 25.2 Å². The van der Waals surface area contributed by atoms with Crippen LogP contribution in [0.4, 0.5) is 0 Å². The van der Waals surface area contributed by atoms with Crippen molar-refractivity contribution < 1.29 is 32.8 Å². The standard InChI is InChI=1S/C9H13O3.Li/c1-3-10-9(11-4-2)8-6-5-7-12-8;/h5-6,9H,3-4H2,1-2H3;/q-1;+1. The molecule has 68 valence electrons. The van der Waals surface area contributed by atoms with Crippen molar-refractivity contribution >= 4 is 0 Å². The summed E-state index contributed by atoms with van der Waals surface area (Å²) in [6.07, 6.45) is 2.21. The van der Waals surface area contributed by atoms with Crippen molar-refractivity contribution in [3.05, 3.63) is 24.2 Å². The van der Waals surface area contributed by atoms with E-state index in [2.05, 4.69) is 6.26 Å². The Hall–Kier alpha value is -0.203. The van der Waals surface area contributed by atoms with Gasteiger partial charge in [0.1, 0.15) is 0 Å². The minimum absolute atomic E-state index is 0. The second-order valence-electron chi connectivity index (χ2n) is 2.20. The van der Waals surface area contributed by atoms with Crippen LogP contribution in [0.3, 0.4) is 0 Å². The van der Waals surface area contributed by atoms with Crippen LogP contribution in [0.2, 0.25) is 0 Å². The van der Waals surface area contributed by atoms with Gasteiger partial charge in [-0.1, -0.05) is 0 Å². The van der Waals surface area contributed by atoms with Gasteiger partial charge in [-0.3, -0.25) is 0 Å². The van der Waals surface area contributed by atoms with E-state index in [4.69, 9.17) is 13.9 Å². The summed E-state index contributed by atoms with van der Waals surface area (Å²) in [5.41, 5.74) is 0. The largest absolute Gasteiger partial charge is 1.00 e. The third kappa shape index (κ3) is 4.01. The zero-order valence-electron chi connectivity index (χ0n) is 8.37. The van der Waals surface area contributed by atoms with E-state index in [0.717, 1.165) is 0 Å². The number of ether oxygens (including phenoxy) is 2. The van der Waals surface area contributed by atoms with Crippen LogP contribution in [0, 0.1) is 6.26 Å². The van der Waals surface area contributed by atoms with Crippen molar-refractivity contribution in [2.45, 2.75) is 20.1 Å². The third-order valence-electron chi connectivity index (χ3n) is 1.36. The molecule has 0 fully saturated rings. The first kappa shape index (κ1) is 12.8. The van der Waals surface area contributed by atoms with Crippen LogP contribution in [-0.2, 0) is 9.47 Å². The molecule has 0 aliphatic heterocycles. The van der Waals surface area contributed by atoms with E-state index in [9.17, 15) is 0 Å². The van der Waals surface area contributed by atoms with E-state index < -0.39 is 0 Å². The second-order valence-corrected chi connectivity index (χ2v) is 2.20. The summed E-state index contributed by atoms with van der Waals surface area (Å²) in [4.78, 5) is 0. The van der Waals surface area contributed by atoms with Crippen LogP contribution in [0.1, 0.15) is 25.9 Å². The van der Waals surface area contributed by atoms with Crippen LogP contribution in [0.25, 0.3) is 0 Å². The fourth-order valence-electron chi connectivity index (χ4n) is 0.894. The number of hydrogen-bond acceptors (Lipinski definition) is 3. The van der Waals surface area contributed by atoms with E-state index in [1.807, 2.05) is 13.8 Å². The van der Waals surface area contributed by atoms with Gasteiger partial charge >= 0.3 is 18.9 Å². The summed E-state index contributed by atoms with van der Waals surface area (Å²) in [7, 11) is 0.